The smallest absolute Gasteiger partial charge is 0.243 e. The third kappa shape index (κ3) is 3.64. The lowest BCUT2D eigenvalue weighted by Gasteiger charge is -2.00. The maximum absolute atomic E-state index is 13.0. The molecule has 1 N–H and O–H groups in total. The van der Waals surface area contributed by atoms with E-state index in [4.69, 9.17) is 0 Å². The predicted molar refractivity (Wildman–Crippen MR) is 71.3 cm³/mol. The topological polar surface area (TPSA) is 46.4 Å². The van der Waals surface area contributed by atoms with Crippen LogP contribution in [0.25, 0.3) is 5.65 Å². The van der Waals surface area contributed by atoms with E-state index in [1.54, 1.807) is 22.7 Å². The molecule has 0 spiro atoms. The summed E-state index contributed by atoms with van der Waals surface area (Å²) in [6.07, 6.45) is 5.32. The molecule has 2 heterocycles. The molecule has 0 unspecified atom stereocenters. The van der Waals surface area contributed by atoms with E-state index < -0.39 is 0 Å². The molecule has 0 radical (unpaired) electrons. The summed E-state index contributed by atoms with van der Waals surface area (Å²) in [5, 5.41) is 2.78. The fourth-order valence-corrected chi connectivity index (χ4v) is 1.76. The number of carbonyl (C=O) groups is 1. The number of nitrogens with zero attached hydrogens (tertiary/aromatic N) is 2. The van der Waals surface area contributed by atoms with Gasteiger partial charge in [0.1, 0.15) is 11.5 Å². The molecule has 2 aromatic rings. The molecule has 4 nitrogen and oxygen atoms in total. The van der Waals surface area contributed by atoms with Crippen LogP contribution in [0, 0.1) is 5.82 Å². The van der Waals surface area contributed by atoms with E-state index in [0.29, 0.717) is 18.6 Å². The van der Waals surface area contributed by atoms with Crippen molar-refractivity contribution >= 4 is 11.6 Å². The minimum atomic E-state index is -0.298. The molecule has 0 saturated carbocycles. The van der Waals surface area contributed by atoms with Gasteiger partial charge in [0.25, 0.3) is 0 Å². The van der Waals surface area contributed by atoms with Gasteiger partial charge < -0.3 is 9.72 Å². The van der Waals surface area contributed by atoms with Crippen molar-refractivity contribution < 1.29 is 9.18 Å². The second kappa shape index (κ2) is 5.65. The number of imidazole rings is 1. The fourth-order valence-electron chi connectivity index (χ4n) is 1.76. The lowest BCUT2D eigenvalue weighted by atomic mass is 10.3. The SMILES string of the molecule is CC(C)=CC(=O)NCCc1cn2cc(F)ccc2n1. The number of fused-ring (bicyclic) bond motifs is 1. The Morgan fingerprint density at radius 2 is 2.21 bits per heavy atom. The quantitative estimate of drug-likeness (QED) is 0.857. The first-order valence-corrected chi connectivity index (χ1v) is 6.10. The lowest BCUT2D eigenvalue weighted by Crippen LogP contribution is -2.23. The number of carbonyl (C=O) groups excluding carboxylic acids is 1. The maximum atomic E-state index is 13.0. The van der Waals surface area contributed by atoms with E-state index >= 15 is 0 Å². The van der Waals surface area contributed by atoms with Gasteiger partial charge in [-0.15, -0.1) is 0 Å². The molecule has 0 aliphatic heterocycles. The van der Waals surface area contributed by atoms with Gasteiger partial charge in [-0.3, -0.25) is 4.79 Å². The summed E-state index contributed by atoms with van der Waals surface area (Å²) in [5.41, 5.74) is 2.48. The number of amides is 1. The minimum absolute atomic E-state index is 0.102. The van der Waals surface area contributed by atoms with Crippen molar-refractivity contribution in [3.05, 3.63) is 47.7 Å². The van der Waals surface area contributed by atoms with Crippen molar-refractivity contribution in [1.82, 2.24) is 14.7 Å². The molecule has 0 saturated heterocycles. The number of allylic oxidation sites excluding steroid dienone is 1. The van der Waals surface area contributed by atoms with E-state index in [0.717, 1.165) is 11.3 Å². The van der Waals surface area contributed by atoms with Gasteiger partial charge in [0.15, 0.2) is 0 Å². The highest BCUT2D eigenvalue weighted by Gasteiger charge is 2.03. The van der Waals surface area contributed by atoms with Crippen LogP contribution < -0.4 is 5.32 Å². The first-order chi connectivity index (χ1) is 9.04. The molecule has 2 rings (SSSR count). The van der Waals surface area contributed by atoms with Gasteiger partial charge in [0.2, 0.25) is 5.91 Å². The van der Waals surface area contributed by atoms with Crippen LogP contribution in [0.1, 0.15) is 19.5 Å². The van der Waals surface area contributed by atoms with Crippen LogP contribution in [-0.4, -0.2) is 21.8 Å². The molecule has 100 valence electrons. The van der Waals surface area contributed by atoms with Crippen LogP contribution in [0.5, 0.6) is 0 Å². The van der Waals surface area contributed by atoms with E-state index in [2.05, 4.69) is 10.3 Å². The second-order valence-electron chi connectivity index (χ2n) is 4.61. The molecular formula is C14H16FN3O. The summed E-state index contributed by atoms with van der Waals surface area (Å²) < 4.78 is 14.7. The summed E-state index contributed by atoms with van der Waals surface area (Å²) in [4.78, 5) is 15.7. The van der Waals surface area contributed by atoms with Crippen molar-refractivity contribution in [3.63, 3.8) is 0 Å². The van der Waals surface area contributed by atoms with Gasteiger partial charge in [0, 0.05) is 31.4 Å². The zero-order valence-corrected chi connectivity index (χ0v) is 11.0. The lowest BCUT2D eigenvalue weighted by molar-refractivity contribution is -0.116. The van der Waals surface area contributed by atoms with E-state index in [1.807, 2.05) is 13.8 Å². The van der Waals surface area contributed by atoms with Gasteiger partial charge >= 0.3 is 0 Å². The average molecular weight is 261 g/mol. The zero-order valence-electron chi connectivity index (χ0n) is 11.0. The minimum Gasteiger partial charge on any atom is -0.352 e. The summed E-state index contributed by atoms with van der Waals surface area (Å²) >= 11 is 0. The Labute approximate surface area is 111 Å². The first kappa shape index (κ1) is 13.3. The number of hydrogen-bond donors (Lipinski definition) is 1. The van der Waals surface area contributed by atoms with Gasteiger partial charge in [-0.05, 0) is 26.0 Å². The van der Waals surface area contributed by atoms with Crippen molar-refractivity contribution in [3.8, 4) is 0 Å². The number of nitrogens with one attached hydrogen (secondary N) is 1. The fraction of sp³-hybridized carbons (Fsp3) is 0.286. The van der Waals surface area contributed by atoms with E-state index in [-0.39, 0.29) is 11.7 Å². The van der Waals surface area contributed by atoms with Crippen LogP contribution in [0.3, 0.4) is 0 Å². The Balaban J connectivity index is 1.95. The maximum Gasteiger partial charge on any atom is 0.243 e. The average Bonchev–Trinajstić information content (AvgIpc) is 2.69. The summed E-state index contributed by atoms with van der Waals surface area (Å²) in [6, 6.07) is 3.00. The molecule has 0 fully saturated rings. The summed E-state index contributed by atoms with van der Waals surface area (Å²) in [5.74, 6) is -0.400. The molecule has 0 bridgehead atoms. The number of aromatic nitrogens is 2. The Bertz CT molecular complexity index is 627. The first-order valence-electron chi connectivity index (χ1n) is 6.10. The Morgan fingerprint density at radius 3 is 2.95 bits per heavy atom. The Kier molecular flexibility index (Phi) is 3.94. The van der Waals surface area contributed by atoms with Crippen molar-refractivity contribution in [1.29, 1.82) is 0 Å². The molecule has 5 heteroatoms. The molecule has 0 aliphatic carbocycles. The van der Waals surface area contributed by atoms with Crippen molar-refractivity contribution in [2.75, 3.05) is 6.54 Å². The van der Waals surface area contributed by atoms with Crippen LogP contribution in [0.15, 0.2) is 36.2 Å². The van der Waals surface area contributed by atoms with E-state index in [1.165, 1.54) is 12.3 Å². The second-order valence-corrected chi connectivity index (χ2v) is 4.61. The largest absolute Gasteiger partial charge is 0.352 e. The number of hydrogen-bond acceptors (Lipinski definition) is 2. The number of rotatable bonds is 4. The number of pyridine rings is 1. The zero-order chi connectivity index (χ0) is 13.8. The summed E-state index contributed by atoms with van der Waals surface area (Å²) in [7, 11) is 0. The van der Waals surface area contributed by atoms with Gasteiger partial charge in [-0.2, -0.15) is 0 Å². The highest BCUT2D eigenvalue weighted by molar-refractivity contribution is 5.87. The highest BCUT2D eigenvalue weighted by atomic mass is 19.1. The van der Waals surface area contributed by atoms with Gasteiger partial charge in [-0.25, -0.2) is 9.37 Å². The van der Waals surface area contributed by atoms with Crippen LogP contribution >= 0.6 is 0 Å². The van der Waals surface area contributed by atoms with Crippen LogP contribution in [-0.2, 0) is 11.2 Å². The monoisotopic (exact) mass is 261 g/mol. The Hall–Kier alpha value is -2.17. The standard InChI is InChI=1S/C14H16FN3O/c1-10(2)7-14(19)16-6-5-12-9-18-8-11(15)3-4-13(18)17-12/h3-4,7-9H,5-6H2,1-2H3,(H,16,19). The molecule has 0 atom stereocenters. The van der Waals surface area contributed by atoms with Crippen molar-refractivity contribution in [2.24, 2.45) is 0 Å². The van der Waals surface area contributed by atoms with E-state index in [9.17, 15) is 9.18 Å². The molecule has 2 aromatic heterocycles. The molecular weight excluding hydrogens is 245 g/mol. The Morgan fingerprint density at radius 1 is 1.42 bits per heavy atom. The van der Waals surface area contributed by atoms with Crippen LogP contribution in [0.4, 0.5) is 4.39 Å². The van der Waals surface area contributed by atoms with Gasteiger partial charge in [0.05, 0.1) is 5.69 Å². The molecule has 0 aliphatic rings. The normalized spacial score (nSPS) is 10.5. The molecule has 1 amide bonds. The van der Waals surface area contributed by atoms with Gasteiger partial charge in [-0.1, -0.05) is 5.57 Å². The molecule has 19 heavy (non-hydrogen) atoms. The third-order valence-electron chi connectivity index (χ3n) is 2.56. The van der Waals surface area contributed by atoms with Crippen molar-refractivity contribution in [2.45, 2.75) is 20.3 Å². The van der Waals surface area contributed by atoms with Crippen LogP contribution in [0.2, 0.25) is 0 Å². The highest BCUT2D eigenvalue weighted by Crippen LogP contribution is 2.07. The predicted octanol–water partition coefficient (Wildman–Crippen LogP) is 2.10. The molecule has 0 aromatic carbocycles. The summed E-state index contributed by atoms with van der Waals surface area (Å²) in [6.45, 7) is 4.25. The number of halogens is 1. The third-order valence-corrected chi connectivity index (χ3v) is 2.56.